The Bertz CT molecular complexity index is 781. The van der Waals surface area contributed by atoms with E-state index >= 15 is 0 Å². The molecule has 1 amide bonds. The lowest BCUT2D eigenvalue weighted by atomic mass is 10.1. The summed E-state index contributed by atoms with van der Waals surface area (Å²) in [5.41, 5.74) is 2.52. The summed E-state index contributed by atoms with van der Waals surface area (Å²) in [6.45, 7) is 1.88. The first-order valence-electron chi connectivity index (χ1n) is 6.06. The van der Waals surface area contributed by atoms with E-state index in [2.05, 4.69) is 15.5 Å². The molecule has 2 aromatic heterocycles. The highest BCUT2D eigenvalue weighted by atomic mass is 35.5. The Labute approximate surface area is 124 Å². The van der Waals surface area contributed by atoms with Gasteiger partial charge in [-0.15, -0.1) is 10.2 Å². The first kappa shape index (κ1) is 13.4. The van der Waals surface area contributed by atoms with Crippen LogP contribution >= 0.6 is 11.6 Å². The summed E-state index contributed by atoms with van der Waals surface area (Å²) in [5.74, 6) is 0.0337. The molecule has 0 aliphatic carbocycles. The van der Waals surface area contributed by atoms with Gasteiger partial charge in [-0.05, 0) is 42.3 Å². The van der Waals surface area contributed by atoms with E-state index in [0.717, 1.165) is 5.56 Å². The van der Waals surface area contributed by atoms with Crippen molar-refractivity contribution in [3.8, 4) is 11.5 Å². The zero-order valence-electron chi connectivity index (χ0n) is 11.0. The first-order valence-corrected chi connectivity index (χ1v) is 6.44. The summed E-state index contributed by atoms with van der Waals surface area (Å²) < 4.78 is 10.0. The van der Waals surface area contributed by atoms with E-state index in [1.807, 2.05) is 19.1 Å². The van der Waals surface area contributed by atoms with Crippen molar-refractivity contribution in [3.05, 3.63) is 53.3 Å². The minimum absolute atomic E-state index is 0.0539. The Morgan fingerprint density at radius 2 is 2.14 bits per heavy atom. The maximum absolute atomic E-state index is 12.1. The van der Waals surface area contributed by atoms with Gasteiger partial charge in [-0.3, -0.25) is 4.79 Å². The number of furan rings is 1. The predicted octanol–water partition coefficient (Wildman–Crippen LogP) is 3.54. The quantitative estimate of drug-likeness (QED) is 0.800. The van der Waals surface area contributed by atoms with Gasteiger partial charge in [-0.1, -0.05) is 6.07 Å². The number of halogens is 1. The van der Waals surface area contributed by atoms with Crippen molar-refractivity contribution < 1.29 is 13.6 Å². The van der Waals surface area contributed by atoms with Gasteiger partial charge in [0.15, 0.2) is 0 Å². The lowest BCUT2D eigenvalue weighted by molar-refractivity contribution is 0.102. The number of aromatic nitrogens is 2. The molecule has 3 aromatic rings. The summed E-state index contributed by atoms with van der Waals surface area (Å²) in [6.07, 6.45) is 2.61. The van der Waals surface area contributed by atoms with E-state index in [4.69, 9.17) is 20.4 Å². The van der Waals surface area contributed by atoms with E-state index < -0.39 is 0 Å². The topological polar surface area (TPSA) is 81.2 Å². The highest BCUT2D eigenvalue weighted by Gasteiger charge is 2.15. The molecule has 6 nitrogen and oxygen atoms in total. The Hall–Kier alpha value is -2.60. The second-order valence-electron chi connectivity index (χ2n) is 4.34. The molecule has 106 valence electrons. The standard InChI is InChI=1S/C14H10ClN3O3/c1-8-2-3-9(14-18-16-7-21-14)6-11(8)17-13(19)10-4-5-20-12(10)15/h2-7H,1H3,(H,17,19). The van der Waals surface area contributed by atoms with Crippen LogP contribution in [0.5, 0.6) is 0 Å². The number of amides is 1. The van der Waals surface area contributed by atoms with E-state index in [9.17, 15) is 4.79 Å². The van der Waals surface area contributed by atoms with Crippen LogP contribution in [0.2, 0.25) is 5.22 Å². The molecule has 3 rings (SSSR count). The molecule has 0 spiro atoms. The molecular formula is C14H10ClN3O3. The van der Waals surface area contributed by atoms with Gasteiger partial charge in [0.05, 0.1) is 11.8 Å². The van der Waals surface area contributed by atoms with Crippen LogP contribution in [0, 0.1) is 6.92 Å². The molecule has 0 bridgehead atoms. The minimum atomic E-state index is -0.348. The maximum atomic E-state index is 12.1. The third-order valence-corrected chi connectivity index (χ3v) is 3.25. The Morgan fingerprint density at radius 1 is 1.29 bits per heavy atom. The normalized spacial score (nSPS) is 10.6. The molecule has 0 fully saturated rings. The summed E-state index contributed by atoms with van der Waals surface area (Å²) in [4.78, 5) is 12.1. The molecule has 1 aromatic carbocycles. The zero-order valence-corrected chi connectivity index (χ0v) is 11.7. The molecule has 7 heteroatoms. The van der Waals surface area contributed by atoms with Gasteiger partial charge < -0.3 is 14.2 Å². The highest BCUT2D eigenvalue weighted by Crippen LogP contribution is 2.25. The van der Waals surface area contributed by atoms with E-state index in [1.165, 1.54) is 18.7 Å². The van der Waals surface area contributed by atoms with Gasteiger partial charge in [-0.2, -0.15) is 0 Å². The maximum Gasteiger partial charge on any atom is 0.260 e. The number of carbonyl (C=O) groups excluding carboxylic acids is 1. The van der Waals surface area contributed by atoms with Crippen LogP contribution in [0.25, 0.3) is 11.5 Å². The third-order valence-electron chi connectivity index (χ3n) is 2.96. The van der Waals surface area contributed by atoms with Gasteiger partial charge in [-0.25, -0.2) is 0 Å². The second-order valence-corrected chi connectivity index (χ2v) is 4.68. The summed E-state index contributed by atoms with van der Waals surface area (Å²) in [7, 11) is 0. The number of nitrogens with one attached hydrogen (secondary N) is 1. The SMILES string of the molecule is Cc1ccc(-c2nnco2)cc1NC(=O)c1ccoc1Cl. The molecule has 0 unspecified atom stereocenters. The van der Waals surface area contributed by atoms with E-state index in [1.54, 1.807) is 6.07 Å². The van der Waals surface area contributed by atoms with Gasteiger partial charge in [0.1, 0.15) is 0 Å². The molecule has 0 saturated carbocycles. The van der Waals surface area contributed by atoms with Crippen molar-refractivity contribution in [3.63, 3.8) is 0 Å². The molecule has 0 radical (unpaired) electrons. The molecular weight excluding hydrogens is 294 g/mol. The summed E-state index contributed by atoms with van der Waals surface area (Å²) in [6, 6.07) is 6.96. The number of hydrogen-bond acceptors (Lipinski definition) is 5. The predicted molar refractivity (Wildman–Crippen MR) is 76.1 cm³/mol. The fourth-order valence-corrected chi connectivity index (χ4v) is 2.03. The molecule has 1 N–H and O–H groups in total. The summed E-state index contributed by atoms with van der Waals surface area (Å²) in [5, 5.41) is 10.3. The van der Waals surface area contributed by atoms with Gasteiger partial charge in [0.25, 0.3) is 5.91 Å². The number of aryl methyl sites for hydroxylation is 1. The van der Waals surface area contributed by atoms with Crippen molar-refractivity contribution in [2.75, 3.05) is 5.32 Å². The highest BCUT2D eigenvalue weighted by molar-refractivity contribution is 6.32. The minimum Gasteiger partial charge on any atom is -0.452 e. The Balaban J connectivity index is 1.90. The van der Waals surface area contributed by atoms with Crippen molar-refractivity contribution in [1.82, 2.24) is 10.2 Å². The molecule has 0 aliphatic rings. The number of carbonyl (C=O) groups is 1. The fraction of sp³-hybridized carbons (Fsp3) is 0.0714. The van der Waals surface area contributed by atoms with Crippen LogP contribution in [0.3, 0.4) is 0 Å². The zero-order chi connectivity index (χ0) is 14.8. The Morgan fingerprint density at radius 3 is 2.81 bits per heavy atom. The molecule has 0 saturated heterocycles. The van der Waals surface area contributed by atoms with Crippen molar-refractivity contribution in [2.24, 2.45) is 0 Å². The van der Waals surface area contributed by atoms with Crippen molar-refractivity contribution >= 4 is 23.2 Å². The summed E-state index contributed by atoms with van der Waals surface area (Å²) >= 11 is 5.79. The number of anilines is 1. The lowest BCUT2D eigenvalue weighted by Gasteiger charge is -2.08. The molecule has 0 atom stereocenters. The van der Waals surface area contributed by atoms with Crippen LogP contribution in [-0.4, -0.2) is 16.1 Å². The Kier molecular flexibility index (Phi) is 3.45. The van der Waals surface area contributed by atoms with Crippen molar-refractivity contribution in [2.45, 2.75) is 6.92 Å². The molecule has 0 aliphatic heterocycles. The fourth-order valence-electron chi connectivity index (χ4n) is 1.83. The van der Waals surface area contributed by atoms with Crippen LogP contribution in [-0.2, 0) is 0 Å². The molecule has 21 heavy (non-hydrogen) atoms. The monoisotopic (exact) mass is 303 g/mol. The largest absolute Gasteiger partial charge is 0.452 e. The number of nitrogens with zero attached hydrogens (tertiary/aromatic N) is 2. The van der Waals surface area contributed by atoms with E-state index in [-0.39, 0.29) is 16.7 Å². The number of rotatable bonds is 3. The average Bonchev–Trinajstić information content (AvgIpc) is 3.12. The van der Waals surface area contributed by atoms with E-state index in [0.29, 0.717) is 17.1 Å². The van der Waals surface area contributed by atoms with Gasteiger partial charge in [0, 0.05) is 11.3 Å². The van der Waals surface area contributed by atoms with Crippen LogP contribution in [0.1, 0.15) is 15.9 Å². The van der Waals surface area contributed by atoms with Gasteiger partial charge >= 0.3 is 0 Å². The van der Waals surface area contributed by atoms with Gasteiger partial charge in [0.2, 0.25) is 17.5 Å². The average molecular weight is 304 g/mol. The smallest absolute Gasteiger partial charge is 0.260 e. The second kappa shape index (κ2) is 5.41. The first-order chi connectivity index (χ1) is 10.1. The molecule has 2 heterocycles. The van der Waals surface area contributed by atoms with Crippen LogP contribution in [0.15, 0.2) is 45.8 Å². The number of benzene rings is 1. The third kappa shape index (κ3) is 2.66. The van der Waals surface area contributed by atoms with Crippen LogP contribution in [0.4, 0.5) is 5.69 Å². The number of hydrogen-bond donors (Lipinski definition) is 1. The van der Waals surface area contributed by atoms with Crippen LogP contribution < -0.4 is 5.32 Å². The van der Waals surface area contributed by atoms with Crippen molar-refractivity contribution in [1.29, 1.82) is 0 Å². The lowest BCUT2D eigenvalue weighted by Crippen LogP contribution is -2.12.